The van der Waals surface area contributed by atoms with Crippen LogP contribution < -0.4 is 0 Å². The minimum atomic E-state index is -1.75. The number of carbonyl (C=O) groups excluding carboxylic acids is 1. The summed E-state index contributed by atoms with van der Waals surface area (Å²) in [5.41, 5.74) is 0.323. The molecule has 17 heavy (non-hydrogen) atoms. The van der Waals surface area contributed by atoms with Gasteiger partial charge in [-0.3, -0.25) is 4.98 Å². The van der Waals surface area contributed by atoms with E-state index in [1.165, 1.54) is 0 Å². The molecule has 1 unspecified atom stereocenters. The molecule has 0 radical (unpaired) electrons. The first-order valence-electron chi connectivity index (χ1n) is 5.37. The molecule has 0 N–H and O–H groups in total. The highest BCUT2D eigenvalue weighted by Gasteiger charge is 2.22. The van der Waals surface area contributed by atoms with E-state index in [-0.39, 0.29) is 6.61 Å². The molecule has 1 heterocycles. The number of fused-ring (bicyclic) bond motifs is 1. The zero-order valence-corrected chi connectivity index (χ0v) is 9.39. The number of hydrogen-bond acceptors (Lipinski definition) is 3. The number of esters is 1. The highest BCUT2D eigenvalue weighted by Crippen LogP contribution is 2.27. The molecular weight excluding hydrogens is 221 g/mol. The van der Waals surface area contributed by atoms with Crippen molar-refractivity contribution < 1.29 is 13.9 Å². The summed E-state index contributed by atoms with van der Waals surface area (Å²) in [7, 11) is 0. The van der Waals surface area contributed by atoms with Gasteiger partial charge < -0.3 is 4.74 Å². The molecule has 1 atom stereocenters. The number of pyridine rings is 1. The first-order chi connectivity index (χ1) is 8.24. The molecule has 0 bridgehead atoms. The molecule has 0 aliphatic heterocycles. The summed E-state index contributed by atoms with van der Waals surface area (Å²) in [6, 6.07) is 6.80. The lowest BCUT2D eigenvalue weighted by Gasteiger charge is -2.10. The Morgan fingerprint density at radius 2 is 2.29 bits per heavy atom. The second-order valence-electron chi connectivity index (χ2n) is 3.56. The third-order valence-corrected chi connectivity index (χ3v) is 2.48. The maximum atomic E-state index is 14.0. The summed E-state index contributed by atoms with van der Waals surface area (Å²) in [6.45, 7) is 1.82. The summed E-state index contributed by atoms with van der Waals surface area (Å²) in [6.07, 6.45) is 1.46. The quantitative estimate of drug-likeness (QED) is 0.765. The fraction of sp³-hybridized carbons (Fsp3) is 0.231. The van der Waals surface area contributed by atoms with Gasteiger partial charge in [0, 0.05) is 23.3 Å². The smallest absolute Gasteiger partial charge is 0.345 e. The van der Waals surface area contributed by atoms with Gasteiger partial charge in [-0.2, -0.15) is 0 Å². The average molecular weight is 233 g/mol. The first kappa shape index (κ1) is 11.5. The molecule has 1 aromatic carbocycles. The second kappa shape index (κ2) is 4.91. The Hall–Kier alpha value is -1.97. The molecule has 0 amide bonds. The van der Waals surface area contributed by atoms with Gasteiger partial charge in [-0.25, -0.2) is 9.18 Å². The summed E-state index contributed by atoms with van der Waals surface area (Å²) in [5.74, 6) is -0.850. The lowest BCUT2D eigenvalue weighted by molar-refractivity contribution is -0.149. The van der Waals surface area contributed by atoms with Crippen molar-refractivity contribution in [1.29, 1.82) is 0 Å². The van der Waals surface area contributed by atoms with Gasteiger partial charge in [0.25, 0.3) is 0 Å². The second-order valence-corrected chi connectivity index (χ2v) is 3.56. The number of carbonyl (C=O) groups is 1. The summed E-state index contributed by atoms with van der Waals surface area (Å²) in [4.78, 5) is 15.3. The Morgan fingerprint density at radius 1 is 1.47 bits per heavy atom. The van der Waals surface area contributed by atoms with Crippen molar-refractivity contribution in [3.63, 3.8) is 0 Å². The van der Waals surface area contributed by atoms with Crippen LogP contribution in [0, 0.1) is 0 Å². The molecule has 3 nitrogen and oxygen atoms in total. The van der Waals surface area contributed by atoms with E-state index in [1.54, 1.807) is 37.5 Å². The Morgan fingerprint density at radius 3 is 3.06 bits per heavy atom. The fourth-order valence-corrected chi connectivity index (χ4v) is 1.71. The summed E-state index contributed by atoms with van der Waals surface area (Å²) >= 11 is 0. The standard InChI is InChI=1S/C13H12FNO2/c1-2-17-13(16)12(14)11-5-3-4-9-8-15-7-6-10(9)11/h3-8,12H,2H2,1H3. The Bertz CT molecular complexity index is 536. The van der Waals surface area contributed by atoms with Crippen LogP contribution in [-0.4, -0.2) is 17.6 Å². The molecule has 0 aliphatic carbocycles. The number of hydrogen-bond donors (Lipinski definition) is 0. The monoisotopic (exact) mass is 233 g/mol. The van der Waals surface area contributed by atoms with Crippen LogP contribution in [0.2, 0.25) is 0 Å². The Labute approximate surface area is 98.2 Å². The number of benzene rings is 1. The fourth-order valence-electron chi connectivity index (χ4n) is 1.71. The van der Waals surface area contributed by atoms with Gasteiger partial charge >= 0.3 is 5.97 Å². The Balaban J connectivity index is 2.44. The zero-order valence-electron chi connectivity index (χ0n) is 9.39. The maximum Gasteiger partial charge on any atom is 0.345 e. The average Bonchev–Trinajstić information content (AvgIpc) is 2.37. The van der Waals surface area contributed by atoms with Gasteiger partial charge in [0.15, 0.2) is 0 Å². The van der Waals surface area contributed by atoms with E-state index in [2.05, 4.69) is 9.72 Å². The van der Waals surface area contributed by atoms with Crippen LogP contribution in [0.15, 0.2) is 36.7 Å². The van der Waals surface area contributed by atoms with E-state index in [9.17, 15) is 9.18 Å². The van der Waals surface area contributed by atoms with Crippen LogP contribution in [0.3, 0.4) is 0 Å². The van der Waals surface area contributed by atoms with Gasteiger partial charge in [-0.15, -0.1) is 0 Å². The molecular formula is C13H12FNO2. The van der Waals surface area contributed by atoms with Crippen LogP contribution in [-0.2, 0) is 9.53 Å². The van der Waals surface area contributed by atoms with Gasteiger partial charge in [0.05, 0.1) is 6.61 Å². The number of rotatable bonds is 3. The normalized spacial score (nSPS) is 12.4. The van der Waals surface area contributed by atoms with Crippen LogP contribution in [0.25, 0.3) is 10.8 Å². The molecule has 0 spiro atoms. The third-order valence-electron chi connectivity index (χ3n) is 2.48. The minimum Gasteiger partial charge on any atom is -0.464 e. The van der Waals surface area contributed by atoms with E-state index in [1.807, 2.05) is 6.07 Å². The van der Waals surface area contributed by atoms with Crippen molar-refractivity contribution in [3.05, 3.63) is 42.2 Å². The molecule has 88 valence electrons. The van der Waals surface area contributed by atoms with Crippen molar-refractivity contribution in [2.45, 2.75) is 13.1 Å². The number of nitrogens with zero attached hydrogens (tertiary/aromatic N) is 1. The van der Waals surface area contributed by atoms with E-state index >= 15 is 0 Å². The van der Waals surface area contributed by atoms with E-state index in [0.29, 0.717) is 10.9 Å². The van der Waals surface area contributed by atoms with Crippen LogP contribution in [0.1, 0.15) is 18.7 Å². The molecule has 2 rings (SSSR count). The van der Waals surface area contributed by atoms with E-state index in [4.69, 9.17) is 0 Å². The topological polar surface area (TPSA) is 39.2 Å². The lowest BCUT2D eigenvalue weighted by atomic mass is 10.0. The number of alkyl halides is 1. The van der Waals surface area contributed by atoms with E-state index in [0.717, 1.165) is 5.39 Å². The van der Waals surface area contributed by atoms with Crippen LogP contribution >= 0.6 is 0 Å². The molecule has 0 aliphatic rings. The third kappa shape index (κ3) is 2.25. The Kier molecular flexibility index (Phi) is 3.32. The number of aromatic nitrogens is 1. The highest BCUT2D eigenvalue weighted by molar-refractivity contribution is 5.89. The minimum absolute atomic E-state index is 0.172. The summed E-state index contributed by atoms with van der Waals surface area (Å²) in [5, 5.41) is 1.49. The van der Waals surface area contributed by atoms with Gasteiger partial charge in [-0.1, -0.05) is 18.2 Å². The van der Waals surface area contributed by atoms with Crippen molar-refractivity contribution in [3.8, 4) is 0 Å². The van der Waals surface area contributed by atoms with Crippen molar-refractivity contribution in [2.75, 3.05) is 6.61 Å². The van der Waals surface area contributed by atoms with Crippen LogP contribution in [0.4, 0.5) is 4.39 Å². The predicted molar refractivity (Wildman–Crippen MR) is 62.2 cm³/mol. The lowest BCUT2D eigenvalue weighted by Crippen LogP contribution is -2.12. The largest absolute Gasteiger partial charge is 0.464 e. The molecule has 0 saturated carbocycles. The van der Waals surface area contributed by atoms with E-state index < -0.39 is 12.1 Å². The first-order valence-corrected chi connectivity index (χ1v) is 5.37. The molecule has 1 aromatic heterocycles. The maximum absolute atomic E-state index is 14.0. The van der Waals surface area contributed by atoms with Gasteiger partial charge in [0.2, 0.25) is 6.17 Å². The molecule has 0 saturated heterocycles. The number of halogens is 1. The molecule has 4 heteroatoms. The number of ether oxygens (including phenoxy) is 1. The van der Waals surface area contributed by atoms with Crippen molar-refractivity contribution in [1.82, 2.24) is 4.98 Å². The van der Waals surface area contributed by atoms with Gasteiger partial charge in [-0.05, 0) is 18.4 Å². The highest BCUT2D eigenvalue weighted by atomic mass is 19.1. The molecule has 0 fully saturated rings. The SMILES string of the molecule is CCOC(=O)C(F)c1cccc2cnccc12. The predicted octanol–water partition coefficient (Wildman–Crippen LogP) is 2.81. The van der Waals surface area contributed by atoms with Crippen LogP contribution in [0.5, 0.6) is 0 Å². The van der Waals surface area contributed by atoms with Crippen molar-refractivity contribution >= 4 is 16.7 Å². The van der Waals surface area contributed by atoms with Crippen molar-refractivity contribution in [2.24, 2.45) is 0 Å². The summed E-state index contributed by atoms with van der Waals surface area (Å²) < 4.78 is 18.6. The zero-order chi connectivity index (χ0) is 12.3. The molecule has 2 aromatic rings. The van der Waals surface area contributed by atoms with Gasteiger partial charge in [0.1, 0.15) is 0 Å².